The van der Waals surface area contributed by atoms with Crippen LogP contribution in [0, 0.1) is 0 Å². The molecular weight excluding hydrogens is 350 g/mol. The first-order valence-electron chi connectivity index (χ1n) is 8.24. The van der Waals surface area contributed by atoms with E-state index in [4.69, 9.17) is 9.47 Å². The fourth-order valence-corrected chi connectivity index (χ4v) is 2.64. The van der Waals surface area contributed by atoms with E-state index >= 15 is 0 Å². The molecule has 1 aliphatic rings. The number of fused-ring (bicyclic) bond motifs is 1. The van der Waals surface area contributed by atoms with Gasteiger partial charge in [-0.05, 0) is 24.3 Å². The highest BCUT2D eigenvalue weighted by atomic mass is 16.5. The first-order chi connectivity index (χ1) is 13.0. The third-order valence-corrected chi connectivity index (χ3v) is 4.14. The Morgan fingerprint density at radius 3 is 2.74 bits per heavy atom. The average molecular weight is 369 g/mol. The van der Waals surface area contributed by atoms with Crippen LogP contribution in [0.4, 0.5) is 11.4 Å². The SMILES string of the molecule is COc1ccccc1CNC(=O)C(=O)Nc1ccc2c(c1)N(C)C(=O)CO2. The number of carbonyl (C=O) groups excluding carboxylic acids is 3. The molecule has 140 valence electrons. The van der Waals surface area contributed by atoms with Crippen LogP contribution in [0.1, 0.15) is 5.56 Å². The number of carbonyl (C=O) groups is 3. The van der Waals surface area contributed by atoms with E-state index in [9.17, 15) is 14.4 Å². The van der Waals surface area contributed by atoms with Gasteiger partial charge in [-0.1, -0.05) is 18.2 Å². The van der Waals surface area contributed by atoms with Crippen molar-refractivity contribution in [2.75, 3.05) is 31.0 Å². The topological polar surface area (TPSA) is 97.0 Å². The van der Waals surface area contributed by atoms with E-state index in [1.54, 1.807) is 37.4 Å². The molecule has 3 amide bonds. The van der Waals surface area contributed by atoms with E-state index < -0.39 is 11.8 Å². The minimum absolute atomic E-state index is 0.0272. The molecule has 8 nitrogen and oxygen atoms in total. The molecule has 0 fully saturated rings. The molecule has 2 aromatic carbocycles. The smallest absolute Gasteiger partial charge is 0.313 e. The Bertz CT molecular complexity index is 897. The van der Waals surface area contributed by atoms with Crippen molar-refractivity contribution in [3.05, 3.63) is 48.0 Å². The number of likely N-dealkylation sites (N-methyl/N-ethyl adjacent to an activating group) is 1. The van der Waals surface area contributed by atoms with Crippen molar-refractivity contribution in [2.24, 2.45) is 0 Å². The Labute approximate surface area is 156 Å². The van der Waals surface area contributed by atoms with Gasteiger partial charge in [-0.25, -0.2) is 0 Å². The lowest BCUT2D eigenvalue weighted by Crippen LogP contribution is -2.36. The van der Waals surface area contributed by atoms with Crippen molar-refractivity contribution < 1.29 is 23.9 Å². The minimum atomic E-state index is -0.810. The van der Waals surface area contributed by atoms with Gasteiger partial charge in [0.25, 0.3) is 5.91 Å². The number of amides is 3. The lowest BCUT2D eigenvalue weighted by Gasteiger charge is -2.26. The van der Waals surface area contributed by atoms with E-state index in [0.717, 1.165) is 5.56 Å². The Balaban J connectivity index is 1.63. The van der Waals surface area contributed by atoms with Crippen LogP contribution in [0.2, 0.25) is 0 Å². The molecule has 2 aromatic rings. The van der Waals surface area contributed by atoms with Crippen LogP contribution in [0.25, 0.3) is 0 Å². The molecule has 0 radical (unpaired) electrons. The van der Waals surface area contributed by atoms with Crippen LogP contribution < -0.4 is 25.0 Å². The number of hydrogen-bond donors (Lipinski definition) is 2. The molecule has 3 rings (SSSR count). The van der Waals surface area contributed by atoms with Crippen LogP contribution in [-0.4, -0.2) is 38.5 Å². The second kappa shape index (κ2) is 7.77. The van der Waals surface area contributed by atoms with Gasteiger partial charge in [0.05, 0.1) is 12.8 Å². The first kappa shape index (κ1) is 18.2. The molecule has 1 aliphatic heterocycles. The van der Waals surface area contributed by atoms with Gasteiger partial charge in [-0.2, -0.15) is 0 Å². The first-order valence-corrected chi connectivity index (χ1v) is 8.24. The van der Waals surface area contributed by atoms with Gasteiger partial charge < -0.3 is 25.0 Å². The third-order valence-electron chi connectivity index (χ3n) is 4.14. The minimum Gasteiger partial charge on any atom is -0.496 e. The van der Waals surface area contributed by atoms with E-state index in [0.29, 0.717) is 22.9 Å². The van der Waals surface area contributed by atoms with E-state index in [1.807, 2.05) is 12.1 Å². The molecule has 0 saturated carbocycles. The average Bonchev–Trinajstić information content (AvgIpc) is 2.69. The number of methoxy groups -OCH3 is 1. The van der Waals surface area contributed by atoms with Gasteiger partial charge >= 0.3 is 11.8 Å². The predicted octanol–water partition coefficient (Wildman–Crippen LogP) is 1.31. The van der Waals surface area contributed by atoms with Crippen LogP contribution >= 0.6 is 0 Å². The predicted molar refractivity (Wildman–Crippen MR) is 98.8 cm³/mol. The van der Waals surface area contributed by atoms with Crippen LogP contribution in [-0.2, 0) is 20.9 Å². The van der Waals surface area contributed by atoms with Gasteiger partial charge in [0.2, 0.25) is 0 Å². The summed E-state index contributed by atoms with van der Waals surface area (Å²) in [5.74, 6) is -0.619. The molecule has 0 spiro atoms. The molecule has 1 heterocycles. The lowest BCUT2D eigenvalue weighted by atomic mass is 10.2. The standard InChI is InChI=1S/C19H19N3O5/c1-22-14-9-13(7-8-16(14)27-11-17(22)23)21-19(25)18(24)20-10-12-5-3-4-6-15(12)26-2/h3-9H,10-11H2,1-2H3,(H,20,24)(H,21,25). The zero-order valence-corrected chi connectivity index (χ0v) is 14.9. The van der Waals surface area contributed by atoms with Crippen molar-refractivity contribution >= 4 is 29.1 Å². The molecular formula is C19H19N3O5. The molecule has 0 saturated heterocycles. The van der Waals surface area contributed by atoms with Gasteiger partial charge in [0.1, 0.15) is 11.5 Å². The number of rotatable bonds is 4. The molecule has 0 aromatic heterocycles. The summed E-state index contributed by atoms with van der Waals surface area (Å²) in [6.07, 6.45) is 0. The quantitative estimate of drug-likeness (QED) is 0.792. The normalized spacial score (nSPS) is 12.7. The van der Waals surface area contributed by atoms with Gasteiger partial charge in [0, 0.05) is 24.8 Å². The molecule has 0 unspecified atom stereocenters. The summed E-state index contributed by atoms with van der Waals surface area (Å²) in [4.78, 5) is 37.4. The van der Waals surface area contributed by atoms with Crippen molar-refractivity contribution in [3.8, 4) is 11.5 Å². The number of ether oxygens (including phenoxy) is 2. The Morgan fingerprint density at radius 1 is 1.19 bits per heavy atom. The summed E-state index contributed by atoms with van der Waals surface area (Å²) in [7, 11) is 3.16. The number of nitrogens with zero attached hydrogens (tertiary/aromatic N) is 1. The second-order valence-electron chi connectivity index (χ2n) is 5.87. The van der Waals surface area contributed by atoms with E-state index in [1.165, 1.54) is 12.0 Å². The zero-order valence-electron chi connectivity index (χ0n) is 14.9. The van der Waals surface area contributed by atoms with Crippen molar-refractivity contribution in [3.63, 3.8) is 0 Å². The Hall–Kier alpha value is -3.55. The summed E-state index contributed by atoms with van der Waals surface area (Å²) in [6.45, 7) is 0.131. The van der Waals surface area contributed by atoms with Gasteiger partial charge in [-0.15, -0.1) is 0 Å². The highest BCUT2D eigenvalue weighted by Crippen LogP contribution is 2.33. The second-order valence-corrected chi connectivity index (χ2v) is 5.87. The zero-order chi connectivity index (χ0) is 19.4. The number of hydrogen-bond acceptors (Lipinski definition) is 5. The maximum atomic E-state index is 12.1. The largest absolute Gasteiger partial charge is 0.496 e. The Morgan fingerprint density at radius 2 is 1.96 bits per heavy atom. The van der Waals surface area contributed by atoms with Crippen LogP contribution in [0.15, 0.2) is 42.5 Å². The monoisotopic (exact) mass is 369 g/mol. The van der Waals surface area contributed by atoms with Crippen molar-refractivity contribution in [1.82, 2.24) is 5.32 Å². The van der Waals surface area contributed by atoms with Crippen molar-refractivity contribution in [2.45, 2.75) is 6.54 Å². The fourth-order valence-electron chi connectivity index (χ4n) is 2.64. The lowest BCUT2D eigenvalue weighted by molar-refractivity contribution is -0.136. The van der Waals surface area contributed by atoms with E-state index in [-0.39, 0.29) is 19.1 Å². The summed E-state index contributed by atoms with van der Waals surface area (Å²) >= 11 is 0. The van der Waals surface area contributed by atoms with Gasteiger partial charge in [0.15, 0.2) is 6.61 Å². The molecule has 0 aliphatic carbocycles. The van der Waals surface area contributed by atoms with Crippen LogP contribution in [0.5, 0.6) is 11.5 Å². The maximum Gasteiger partial charge on any atom is 0.313 e. The molecule has 0 atom stereocenters. The maximum absolute atomic E-state index is 12.1. The molecule has 8 heteroatoms. The number of anilines is 2. The summed E-state index contributed by atoms with van der Waals surface area (Å²) < 4.78 is 10.5. The highest BCUT2D eigenvalue weighted by molar-refractivity contribution is 6.39. The third kappa shape index (κ3) is 4.00. The Kier molecular flexibility index (Phi) is 5.25. The van der Waals surface area contributed by atoms with E-state index in [2.05, 4.69) is 10.6 Å². The van der Waals surface area contributed by atoms with Gasteiger partial charge in [-0.3, -0.25) is 14.4 Å². The number of para-hydroxylation sites is 1. The summed E-state index contributed by atoms with van der Waals surface area (Å²) in [5, 5.41) is 5.07. The summed E-state index contributed by atoms with van der Waals surface area (Å²) in [6, 6.07) is 12.0. The van der Waals surface area contributed by atoms with Crippen LogP contribution in [0.3, 0.4) is 0 Å². The highest BCUT2D eigenvalue weighted by Gasteiger charge is 2.23. The number of nitrogens with one attached hydrogen (secondary N) is 2. The number of benzene rings is 2. The summed E-state index contributed by atoms with van der Waals surface area (Å²) in [5.41, 5.74) is 1.67. The van der Waals surface area contributed by atoms with Crippen molar-refractivity contribution in [1.29, 1.82) is 0 Å². The molecule has 0 bridgehead atoms. The molecule has 27 heavy (non-hydrogen) atoms. The fraction of sp³-hybridized carbons (Fsp3) is 0.211. The molecule has 2 N–H and O–H groups in total.